The molecule has 4 nitrogen and oxygen atoms in total. The summed E-state index contributed by atoms with van der Waals surface area (Å²) < 4.78 is 5.83. The van der Waals surface area contributed by atoms with Crippen molar-refractivity contribution in [1.82, 2.24) is 0 Å². The van der Waals surface area contributed by atoms with E-state index in [9.17, 15) is 10.1 Å². The molecule has 0 unspecified atom stereocenters. The number of rotatable bonds is 4. The number of nitro benzene ring substituents is 1. The standard InChI is InChI=1S/C15H13NO3Si2/c17-16(18)14-8-6-13(7-9-14)12-21-19-10-11-20(21)15-4-2-1-3-5-15/h1-11H,12H2. The van der Waals surface area contributed by atoms with Crippen LogP contribution in [0.4, 0.5) is 5.69 Å². The van der Waals surface area contributed by atoms with Gasteiger partial charge in [0.1, 0.15) is 7.90 Å². The van der Waals surface area contributed by atoms with Crippen molar-refractivity contribution in [2.75, 3.05) is 0 Å². The highest BCUT2D eigenvalue weighted by molar-refractivity contribution is 7.04. The SMILES string of the molecule is O=[N+]([O-])c1ccc(C[si]2occ[si]2-c2ccccc2)cc1. The van der Waals surface area contributed by atoms with E-state index in [2.05, 4.69) is 29.9 Å². The summed E-state index contributed by atoms with van der Waals surface area (Å²) in [6.45, 7) is 0. The Morgan fingerprint density at radius 1 is 1.05 bits per heavy atom. The summed E-state index contributed by atoms with van der Waals surface area (Å²) in [4.78, 5) is 10.3. The molecule has 3 aromatic rings. The molecule has 0 saturated heterocycles. The van der Waals surface area contributed by atoms with E-state index in [-0.39, 0.29) is 10.6 Å². The number of nitro groups is 1. The third kappa shape index (κ3) is 3.12. The van der Waals surface area contributed by atoms with Crippen LogP contribution in [0, 0.1) is 10.1 Å². The Balaban J connectivity index is 1.86. The zero-order valence-corrected chi connectivity index (χ0v) is 13.2. The van der Waals surface area contributed by atoms with Gasteiger partial charge in [0.2, 0.25) is 8.15 Å². The molecule has 0 N–H and O–H groups in total. The lowest BCUT2D eigenvalue weighted by Crippen LogP contribution is -2.13. The first kappa shape index (κ1) is 13.8. The molecule has 0 atom stereocenters. The third-order valence-corrected chi connectivity index (χ3v) is 10.6. The highest BCUT2D eigenvalue weighted by atomic mass is 29.0. The van der Waals surface area contributed by atoms with Gasteiger partial charge >= 0.3 is 0 Å². The van der Waals surface area contributed by atoms with E-state index >= 15 is 0 Å². The maximum absolute atomic E-state index is 10.7. The fourth-order valence-corrected chi connectivity index (χ4v) is 9.10. The molecular formula is C15H13NO3Si2. The van der Waals surface area contributed by atoms with Crippen molar-refractivity contribution in [2.45, 2.75) is 6.04 Å². The van der Waals surface area contributed by atoms with Gasteiger partial charge in [-0.1, -0.05) is 42.5 Å². The molecular weight excluding hydrogens is 298 g/mol. The van der Waals surface area contributed by atoms with Crippen LogP contribution in [-0.4, -0.2) is 21.0 Å². The summed E-state index contributed by atoms with van der Waals surface area (Å²) in [7, 11) is -1.75. The molecule has 0 bridgehead atoms. The predicted molar refractivity (Wildman–Crippen MR) is 84.1 cm³/mol. The molecule has 0 aliphatic heterocycles. The smallest absolute Gasteiger partial charge is 0.269 e. The Morgan fingerprint density at radius 2 is 1.76 bits per heavy atom. The molecule has 0 amide bonds. The van der Waals surface area contributed by atoms with E-state index < -0.39 is 16.1 Å². The van der Waals surface area contributed by atoms with Crippen LogP contribution in [0.15, 0.2) is 70.6 Å². The number of benzene rings is 2. The number of hydrogen-bond donors (Lipinski definition) is 0. The summed E-state index contributed by atoms with van der Waals surface area (Å²) >= 11 is 0. The molecule has 2 aromatic carbocycles. The molecule has 0 radical (unpaired) electrons. The monoisotopic (exact) mass is 311 g/mol. The fraction of sp³-hybridized carbons (Fsp3) is 0.0667. The second kappa shape index (κ2) is 6.07. The molecule has 3 rings (SSSR count). The number of hydrogen-bond acceptors (Lipinski definition) is 3. The van der Waals surface area contributed by atoms with Gasteiger partial charge in [-0.2, -0.15) is 0 Å². The summed E-state index contributed by atoms with van der Waals surface area (Å²) in [5.74, 6) is 0. The summed E-state index contributed by atoms with van der Waals surface area (Å²) in [6.07, 6.45) is 1.83. The maximum Gasteiger partial charge on any atom is 0.269 e. The van der Waals surface area contributed by atoms with Crippen LogP contribution in [-0.2, 0) is 6.04 Å². The first-order chi connectivity index (χ1) is 10.2. The van der Waals surface area contributed by atoms with Gasteiger partial charge in [0.15, 0.2) is 0 Å². The van der Waals surface area contributed by atoms with Gasteiger partial charge in [0.25, 0.3) is 5.69 Å². The molecule has 0 aliphatic rings. The maximum atomic E-state index is 10.7. The minimum absolute atomic E-state index is 0.134. The minimum atomic E-state index is -0.967. The van der Waals surface area contributed by atoms with Crippen molar-refractivity contribution < 1.29 is 9.02 Å². The molecule has 0 aliphatic carbocycles. The quantitative estimate of drug-likeness (QED) is 0.422. The highest BCUT2D eigenvalue weighted by Gasteiger charge is 2.13. The van der Waals surface area contributed by atoms with E-state index in [0.717, 1.165) is 11.6 Å². The first-order valence-electron chi connectivity index (χ1n) is 6.59. The van der Waals surface area contributed by atoms with Gasteiger partial charge in [-0.3, -0.25) is 10.1 Å². The van der Waals surface area contributed by atoms with Crippen molar-refractivity contribution in [1.29, 1.82) is 0 Å². The zero-order chi connectivity index (χ0) is 14.7. The molecule has 104 valence electrons. The molecule has 0 fully saturated rings. The summed E-state index contributed by atoms with van der Waals surface area (Å²) in [5, 5.41) is 12.0. The van der Waals surface area contributed by atoms with Gasteiger partial charge < -0.3 is 4.10 Å². The van der Waals surface area contributed by atoms with Gasteiger partial charge in [-0.15, -0.1) is 0 Å². The molecule has 0 spiro atoms. The second-order valence-corrected chi connectivity index (χ2v) is 11.2. The summed E-state index contributed by atoms with van der Waals surface area (Å²) in [6, 6.07) is 18.1. The zero-order valence-electron chi connectivity index (χ0n) is 11.2. The Bertz CT molecular complexity index is 754. The van der Waals surface area contributed by atoms with Gasteiger partial charge in [0.05, 0.1) is 11.2 Å². The van der Waals surface area contributed by atoms with Crippen LogP contribution < -0.4 is 0 Å². The largest absolute Gasteiger partial charge is 0.527 e. The van der Waals surface area contributed by atoms with Gasteiger partial charge in [-0.05, 0) is 16.4 Å². The molecule has 1 heterocycles. The van der Waals surface area contributed by atoms with Crippen LogP contribution >= 0.6 is 0 Å². The van der Waals surface area contributed by atoms with Crippen molar-refractivity contribution in [3.8, 4) is 5.19 Å². The Morgan fingerprint density at radius 3 is 2.43 bits per heavy atom. The third-order valence-electron chi connectivity index (χ3n) is 3.34. The van der Waals surface area contributed by atoms with Gasteiger partial charge in [-0.25, -0.2) is 0 Å². The predicted octanol–water partition coefficient (Wildman–Crippen LogP) is 3.28. The minimum Gasteiger partial charge on any atom is -0.527 e. The molecule has 6 heteroatoms. The highest BCUT2D eigenvalue weighted by Crippen LogP contribution is 2.14. The lowest BCUT2D eigenvalue weighted by molar-refractivity contribution is -0.384. The lowest BCUT2D eigenvalue weighted by Gasteiger charge is -2.01. The molecule has 1 aromatic heterocycles. The fourth-order valence-electron chi connectivity index (χ4n) is 2.27. The molecule has 0 saturated carbocycles. The van der Waals surface area contributed by atoms with Crippen molar-refractivity contribution >= 4 is 21.7 Å². The van der Waals surface area contributed by atoms with Crippen LogP contribution in [0.2, 0.25) is 0 Å². The van der Waals surface area contributed by atoms with Crippen LogP contribution in [0.5, 0.6) is 0 Å². The van der Waals surface area contributed by atoms with Crippen LogP contribution in [0.3, 0.4) is 0 Å². The Kier molecular flexibility index (Phi) is 3.98. The lowest BCUT2D eigenvalue weighted by atomic mass is 10.2. The van der Waals surface area contributed by atoms with Crippen LogP contribution in [0.1, 0.15) is 5.56 Å². The van der Waals surface area contributed by atoms with E-state index in [1.165, 1.54) is 5.19 Å². The average Bonchev–Trinajstić information content (AvgIpc) is 2.97. The number of non-ortho nitro benzene ring substituents is 1. The second-order valence-electron chi connectivity index (χ2n) is 4.72. The van der Waals surface area contributed by atoms with E-state index in [0.29, 0.717) is 0 Å². The average molecular weight is 311 g/mol. The first-order valence-corrected chi connectivity index (χ1v) is 10.8. The van der Waals surface area contributed by atoms with Crippen molar-refractivity contribution in [2.24, 2.45) is 0 Å². The Hall–Kier alpha value is -2.19. The van der Waals surface area contributed by atoms with E-state index in [1.54, 1.807) is 12.1 Å². The van der Waals surface area contributed by atoms with Crippen LogP contribution in [0.25, 0.3) is 5.19 Å². The topological polar surface area (TPSA) is 56.3 Å². The van der Waals surface area contributed by atoms with Crippen molar-refractivity contribution in [3.63, 3.8) is 0 Å². The Labute approximate surface area is 124 Å². The normalized spacial score (nSPS) is 10.5. The summed E-state index contributed by atoms with van der Waals surface area (Å²) in [5.41, 5.74) is 3.45. The van der Waals surface area contributed by atoms with Gasteiger partial charge in [0, 0.05) is 18.2 Å². The molecule has 21 heavy (non-hydrogen) atoms. The number of nitrogens with zero attached hydrogens (tertiary/aromatic N) is 1. The van der Waals surface area contributed by atoms with Crippen molar-refractivity contribution in [3.05, 3.63) is 82.2 Å². The van der Waals surface area contributed by atoms with E-state index in [4.69, 9.17) is 4.10 Å². The van der Waals surface area contributed by atoms with E-state index in [1.807, 2.05) is 24.5 Å².